The second kappa shape index (κ2) is 7.58. The smallest absolute Gasteiger partial charge is 0.350 e. The maximum atomic E-state index is 12.8. The van der Waals surface area contributed by atoms with Gasteiger partial charge in [0.2, 0.25) is 5.60 Å². The zero-order valence-electron chi connectivity index (χ0n) is 16.2. The summed E-state index contributed by atoms with van der Waals surface area (Å²) in [5, 5.41) is 0. The largest absolute Gasteiger partial charge is 0.463 e. The molecule has 25 heavy (non-hydrogen) atoms. The number of rotatable bonds is 8. The highest BCUT2D eigenvalue weighted by molar-refractivity contribution is 5.88. The van der Waals surface area contributed by atoms with Gasteiger partial charge in [0.05, 0.1) is 12.0 Å². The van der Waals surface area contributed by atoms with E-state index in [-0.39, 0.29) is 13.0 Å². The first-order chi connectivity index (χ1) is 11.4. The molecule has 3 unspecified atom stereocenters. The Morgan fingerprint density at radius 2 is 1.88 bits per heavy atom. The van der Waals surface area contributed by atoms with Gasteiger partial charge >= 0.3 is 17.9 Å². The summed E-state index contributed by atoms with van der Waals surface area (Å²) < 4.78 is 16.0. The molecule has 6 nitrogen and oxygen atoms in total. The monoisotopic (exact) mass is 354 g/mol. The van der Waals surface area contributed by atoms with E-state index in [1.807, 2.05) is 13.8 Å². The first-order valence-electron chi connectivity index (χ1n) is 8.71. The summed E-state index contributed by atoms with van der Waals surface area (Å²) >= 11 is 0. The van der Waals surface area contributed by atoms with Crippen molar-refractivity contribution in [2.45, 2.75) is 78.4 Å². The fourth-order valence-corrected chi connectivity index (χ4v) is 2.72. The van der Waals surface area contributed by atoms with E-state index in [1.165, 1.54) is 0 Å². The molecule has 0 amide bonds. The van der Waals surface area contributed by atoms with E-state index in [2.05, 4.69) is 6.58 Å². The number of carbonyl (C=O) groups excluding carboxylic acids is 3. The van der Waals surface area contributed by atoms with Crippen LogP contribution in [0, 0.1) is 5.41 Å². The average Bonchev–Trinajstić information content (AvgIpc) is 2.85. The Bertz CT molecular complexity index is 568. The molecule has 142 valence electrons. The molecule has 1 fully saturated rings. The molecule has 1 heterocycles. The summed E-state index contributed by atoms with van der Waals surface area (Å²) in [5.74, 6) is -1.49. The predicted molar refractivity (Wildman–Crippen MR) is 92.7 cm³/mol. The number of esters is 3. The van der Waals surface area contributed by atoms with Gasteiger partial charge in [0.1, 0.15) is 5.60 Å². The molecule has 6 heteroatoms. The van der Waals surface area contributed by atoms with Crippen LogP contribution in [-0.2, 0) is 28.6 Å². The number of cyclic esters (lactones) is 1. The van der Waals surface area contributed by atoms with Crippen molar-refractivity contribution in [3.8, 4) is 0 Å². The minimum Gasteiger partial charge on any atom is -0.463 e. The highest BCUT2D eigenvalue weighted by atomic mass is 16.6. The molecule has 0 saturated carbocycles. The van der Waals surface area contributed by atoms with Crippen molar-refractivity contribution in [2.24, 2.45) is 5.41 Å². The summed E-state index contributed by atoms with van der Waals surface area (Å²) in [7, 11) is 0. The molecule has 0 radical (unpaired) electrons. The number of hydrogen-bond donors (Lipinski definition) is 0. The SMILES string of the molecule is C=C(C)C(=O)OC(C)(CC)CC(C)(CC)C(=O)OC1(C)CCOC1=O. The Hall–Kier alpha value is -1.85. The van der Waals surface area contributed by atoms with Crippen LogP contribution in [0.25, 0.3) is 0 Å². The van der Waals surface area contributed by atoms with E-state index in [0.29, 0.717) is 24.8 Å². The number of ether oxygens (including phenoxy) is 3. The minimum atomic E-state index is -1.25. The van der Waals surface area contributed by atoms with E-state index in [0.717, 1.165) is 0 Å². The van der Waals surface area contributed by atoms with Crippen LogP contribution in [0.4, 0.5) is 0 Å². The minimum absolute atomic E-state index is 0.244. The molecular formula is C19H30O6. The predicted octanol–water partition coefficient (Wildman–Crippen LogP) is 3.33. The molecule has 0 bridgehead atoms. The Kier molecular flexibility index (Phi) is 6.43. The number of carbonyl (C=O) groups is 3. The van der Waals surface area contributed by atoms with Crippen molar-refractivity contribution in [3.05, 3.63) is 12.2 Å². The maximum Gasteiger partial charge on any atom is 0.350 e. The lowest BCUT2D eigenvalue weighted by Gasteiger charge is -2.38. The molecule has 0 spiro atoms. The lowest BCUT2D eigenvalue weighted by Crippen LogP contribution is -2.45. The van der Waals surface area contributed by atoms with Gasteiger partial charge in [-0.25, -0.2) is 9.59 Å². The van der Waals surface area contributed by atoms with Gasteiger partial charge in [0, 0.05) is 18.4 Å². The van der Waals surface area contributed by atoms with Gasteiger partial charge < -0.3 is 14.2 Å². The normalized spacial score (nSPS) is 24.6. The first-order valence-corrected chi connectivity index (χ1v) is 8.71. The second-order valence-corrected chi connectivity index (χ2v) is 7.57. The van der Waals surface area contributed by atoms with Gasteiger partial charge in [-0.3, -0.25) is 4.79 Å². The van der Waals surface area contributed by atoms with Crippen LogP contribution in [0.15, 0.2) is 12.2 Å². The van der Waals surface area contributed by atoms with Crippen LogP contribution in [0.3, 0.4) is 0 Å². The molecule has 0 aromatic rings. The Morgan fingerprint density at radius 3 is 2.28 bits per heavy atom. The second-order valence-electron chi connectivity index (χ2n) is 7.57. The summed E-state index contributed by atoms with van der Waals surface area (Å²) in [6.07, 6.45) is 1.65. The third kappa shape index (κ3) is 4.83. The maximum absolute atomic E-state index is 12.8. The number of hydrogen-bond acceptors (Lipinski definition) is 6. The van der Waals surface area contributed by atoms with Crippen LogP contribution in [0.2, 0.25) is 0 Å². The molecule has 1 aliphatic rings. The molecule has 1 rings (SSSR count). The van der Waals surface area contributed by atoms with Crippen molar-refractivity contribution in [2.75, 3.05) is 6.61 Å². The van der Waals surface area contributed by atoms with Gasteiger partial charge in [0.25, 0.3) is 0 Å². The zero-order valence-corrected chi connectivity index (χ0v) is 16.2. The highest BCUT2D eigenvalue weighted by Gasteiger charge is 2.49. The standard InChI is InChI=1S/C19H30O6/c1-8-17(5,12-18(6,9-2)24-14(20)13(3)4)15(21)25-19(7)10-11-23-16(19)22/h3,8-12H2,1-2,4-7H3. The van der Waals surface area contributed by atoms with E-state index in [4.69, 9.17) is 14.2 Å². The molecule has 0 N–H and O–H groups in total. The lowest BCUT2D eigenvalue weighted by molar-refractivity contribution is -0.183. The van der Waals surface area contributed by atoms with Crippen molar-refractivity contribution >= 4 is 17.9 Å². The van der Waals surface area contributed by atoms with Gasteiger partial charge in [-0.15, -0.1) is 0 Å². The van der Waals surface area contributed by atoms with Crippen LogP contribution in [-0.4, -0.2) is 35.7 Å². The fraction of sp³-hybridized carbons (Fsp3) is 0.737. The highest BCUT2D eigenvalue weighted by Crippen LogP contribution is 2.39. The van der Waals surface area contributed by atoms with Crippen LogP contribution in [0.1, 0.15) is 67.2 Å². The van der Waals surface area contributed by atoms with Crippen LogP contribution >= 0.6 is 0 Å². The Morgan fingerprint density at radius 1 is 1.28 bits per heavy atom. The van der Waals surface area contributed by atoms with E-state index in [1.54, 1.807) is 27.7 Å². The van der Waals surface area contributed by atoms with Crippen LogP contribution < -0.4 is 0 Å². The topological polar surface area (TPSA) is 78.9 Å². The lowest BCUT2D eigenvalue weighted by atomic mass is 9.76. The summed E-state index contributed by atoms with van der Waals surface area (Å²) in [6, 6.07) is 0. The third-order valence-electron chi connectivity index (χ3n) is 5.03. The molecule has 0 aromatic carbocycles. The van der Waals surface area contributed by atoms with Crippen molar-refractivity contribution < 1.29 is 28.6 Å². The molecule has 1 saturated heterocycles. The van der Waals surface area contributed by atoms with E-state index >= 15 is 0 Å². The van der Waals surface area contributed by atoms with Crippen molar-refractivity contribution in [1.82, 2.24) is 0 Å². The molecule has 3 atom stereocenters. The van der Waals surface area contributed by atoms with Crippen LogP contribution in [0.5, 0.6) is 0 Å². The molecule has 0 aliphatic carbocycles. The third-order valence-corrected chi connectivity index (χ3v) is 5.03. The van der Waals surface area contributed by atoms with Gasteiger partial charge in [-0.1, -0.05) is 20.4 Å². The summed E-state index contributed by atoms with van der Waals surface area (Å²) in [6.45, 7) is 14.3. The zero-order chi connectivity index (χ0) is 19.5. The summed E-state index contributed by atoms with van der Waals surface area (Å²) in [5.41, 5.74) is -2.67. The molecule has 0 aromatic heterocycles. The average molecular weight is 354 g/mol. The van der Waals surface area contributed by atoms with Gasteiger partial charge in [-0.2, -0.15) is 0 Å². The quantitative estimate of drug-likeness (QED) is 0.378. The Labute approximate surface area is 149 Å². The van der Waals surface area contributed by atoms with Gasteiger partial charge in [-0.05, 0) is 40.5 Å². The first kappa shape index (κ1) is 21.2. The van der Waals surface area contributed by atoms with Crippen molar-refractivity contribution in [3.63, 3.8) is 0 Å². The molecular weight excluding hydrogens is 324 g/mol. The molecule has 1 aliphatic heterocycles. The Balaban J connectivity index is 2.95. The summed E-state index contributed by atoms with van der Waals surface area (Å²) in [4.78, 5) is 36.6. The van der Waals surface area contributed by atoms with E-state index < -0.39 is 34.5 Å². The van der Waals surface area contributed by atoms with E-state index in [9.17, 15) is 14.4 Å². The van der Waals surface area contributed by atoms with Gasteiger partial charge in [0.15, 0.2) is 0 Å². The van der Waals surface area contributed by atoms with Crippen molar-refractivity contribution in [1.29, 1.82) is 0 Å². The fourth-order valence-electron chi connectivity index (χ4n) is 2.72.